The van der Waals surface area contributed by atoms with Crippen LogP contribution in [0.4, 0.5) is 5.95 Å². The number of hydrogen-bond donors (Lipinski definition) is 2. The molecule has 0 spiro atoms. The van der Waals surface area contributed by atoms with Crippen LogP contribution in [-0.4, -0.2) is 19.5 Å². The van der Waals surface area contributed by atoms with E-state index < -0.39 is 0 Å². The maximum atomic E-state index is 11.6. The molecule has 2 rings (SSSR count). The summed E-state index contributed by atoms with van der Waals surface area (Å²) in [6, 6.07) is 0. The molecule has 0 radical (unpaired) electrons. The van der Waals surface area contributed by atoms with Gasteiger partial charge in [-0.2, -0.15) is 4.98 Å². The smallest absolute Gasteiger partial charge is 0.280 e. The monoisotopic (exact) mass is 249 g/mol. The number of nitrogens with two attached hydrogens (primary N) is 1. The summed E-state index contributed by atoms with van der Waals surface area (Å²) in [6.07, 6.45) is 3.76. The molecule has 0 bridgehead atoms. The van der Waals surface area contributed by atoms with E-state index in [1.54, 1.807) is 6.33 Å². The second-order valence-corrected chi connectivity index (χ2v) is 5.33. The summed E-state index contributed by atoms with van der Waals surface area (Å²) in [6.45, 7) is 7.40. The van der Waals surface area contributed by atoms with Crippen molar-refractivity contribution < 1.29 is 0 Å². The highest BCUT2D eigenvalue weighted by molar-refractivity contribution is 5.70. The molecule has 0 unspecified atom stereocenters. The normalized spacial score (nSPS) is 12.2. The van der Waals surface area contributed by atoms with Gasteiger partial charge in [-0.1, -0.05) is 27.2 Å². The van der Waals surface area contributed by atoms with Gasteiger partial charge < -0.3 is 10.3 Å². The first-order valence-electron chi connectivity index (χ1n) is 6.13. The van der Waals surface area contributed by atoms with Crippen LogP contribution >= 0.6 is 0 Å². The lowest BCUT2D eigenvalue weighted by molar-refractivity contribution is 0.303. The van der Waals surface area contributed by atoms with Crippen molar-refractivity contribution in [1.82, 2.24) is 19.5 Å². The van der Waals surface area contributed by atoms with Crippen molar-refractivity contribution in [3.8, 4) is 0 Å². The van der Waals surface area contributed by atoms with Gasteiger partial charge in [-0.3, -0.25) is 9.78 Å². The van der Waals surface area contributed by atoms with Crippen LogP contribution in [-0.2, 0) is 6.54 Å². The number of rotatable bonds is 4. The van der Waals surface area contributed by atoms with Gasteiger partial charge in [0.15, 0.2) is 11.2 Å². The molecule has 6 heteroatoms. The minimum Gasteiger partial charge on any atom is -0.369 e. The van der Waals surface area contributed by atoms with Crippen molar-refractivity contribution in [2.75, 3.05) is 5.73 Å². The van der Waals surface area contributed by atoms with Crippen LogP contribution in [0.1, 0.15) is 33.6 Å². The second-order valence-electron chi connectivity index (χ2n) is 5.33. The zero-order chi connectivity index (χ0) is 13.3. The van der Waals surface area contributed by atoms with Crippen LogP contribution in [0.25, 0.3) is 11.2 Å². The number of imidazole rings is 1. The van der Waals surface area contributed by atoms with E-state index in [1.165, 1.54) is 0 Å². The molecule has 2 aromatic rings. The lowest BCUT2D eigenvalue weighted by Gasteiger charge is -2.22. The van der Waals surface area contributed by atoms with Crippen molar-refractivity contribution in [3.63, 3.8) is 0 Å². The molecule has 0 aliphatic heterocycles. The second kappa shape index (κ2) is 4.44. The number of anilines is 1. The van der Waals surface area contributed by atoms with Crippen LogP contribution in [0.3, 0.4) is 0 Å². The fraction of sp³-hybridized carbons (Fsp3) is 0.583. The Balaban J connectivity index is 2.33. The predicted molar refractivity (Wildman–Crippen MR) is 71.3 cm³/mol. The number of aromatic nitrogens is 4. The quantitative estimate of drug-likeness (QED) is 0.859. The Morgan fingerprint density at radius 3 is 2.89 bits per heavy atom. The summed E-state index contributed by atoms with van der Waals surface area (Å²) in [7, 11) is 0. The van der Waals surface area contributed by atoms with Gasteiger partial charge in [-0.25, -0.2) is 4.98 Å². The zero-order valence-electron chi connectivity index (χ0n) is 11.0. The average Bonchev–Trinajstić information content (AvgIpc) is 2.70. The number of hydrogen-bond acceptors (Lipinski definition) is 4. The van der Waals surface area contributed by atoms with Crippen LogP contribution < -0.4 is 11.3 Å². The third-order valence-electron chi connectivity index (χ3n) is 3.48. The van der Waals surface area contributed by atoms with Crippen molar-refractivity contribution in [2.45, 2.75) is 40.2 Å². The third-order valence-corrected chi connectivity index (χ3v) is 3.48. The van der Waals surface area contributed by atoms with E-state index in [9.17, 15) is 4.79 Å². The van der Waals surface area contributed by atoms with Gasteiger partial charge in [0, 0.05) is 6.54 Å². The van der Waals surface area contributed by atoms with Gasteiger partial charge in [0.1, 0.15) is 0 Å². The van der Waals surface area contributed by atoms with E-state index in [4.69, 9.17) is 5.73 Å². The topological polar surface area (TPSA) is 89.6 Å². The summed E-state index contributed by atoms with van der Waals surface area (Å²) < 4.78 is 1.89. The van der Waals surface area contributed by atoms with E-state index in [-0.39, 0.29) is 16.9 Å². The van der Waals surface area contributed by atoms with Crippen LogP contribution in [0.2, 0.25) is 0 Å². The largest absolute Gasteiger partial charge is 0.369 e. The van der Waals surface area contributed by atoms with E-state index in [2.05, 4.69) is 35.7 Å². The molecule has 0 aliphatic rings. The fourth-order valence-electron chi connectivity index (χ4n) is 1.73. The molecule has 0 amide bonds. The number of nitrogen functional groups attached to an aromatic ring is 1. The summed E-state index contributed by atoms with van der Waals surface area (Å²) >= 11 is 0. The molecule has 6 nitrogen and oxygen atoms in total. The van der Waals surface area contributed by atoms with E-state index >= 15 is 0 Å². The molecule has 0 saturated heterocycles. The molecule has 98 valence electrons. The molecule has 2 aromatic heterocycles. The summed E-state index contributed by atoms with van der Waals surface area (Å²) in [5.41, 5.74) is 6.44. The highest BCUT2D eigenvalue weighted by Gasteiger charge is 2.16. The molecular weight excluding hydrogens is 230 g/mol. The molecular formula is C12H19N5O. The molecule has 0 fully saturated rings. The minimum atomic E-state index is -0.286. The number of fused-ring (bicyclic) bond motifs is 1. The summed E-state index contributed by atoms with van der Waals surface area (Å²) in [4.78, 5) is 22.3. The Morgan fingerprint density at radius 1 is 1.50 bits per heavy atom. The summed E-state index contributed by atoms with van der Waals surface area (Å²) in [5.74, 6) is 0.129. The van der Waals surface area contributed by atoms with Gasteiger partial charge in [-0.05, 0) is 11.8 Å². The Labute approximate surface area is 105 Å². The Kier molecular flexibility index (Phi) is 3.11. The first kappa shape index (κ1) is 12.6. The number of nitrogens with one attached hydrogen (secondary N) is 1. The van der Waals surface area contributed by atoms with Crippen LogP contribution in [0.5, 0.6) is 0 Å². The zero-order valence-corrected chi connectivity index (χ0v) is 11.0. The number of H-pyrrole nitrogens is 1. The highest BCUT2D eigenvalue weighted by Crippen LogP contribution is 2.25. The number of aromatic amines is 1. The standard InChI is InChI=1S/C12H19N5O/c1-4-12(2,3)5-6-17-7-14-8-9(17)15-11(13)16-10(8)18/h7H,4-6H2,1-3H3,(H3,13,15,16,18). The van der Waals surface area contributed by atoms with Gasteiger partial charge in [-0.15, -0.1) is 0 Å². The van der Waals surface area contributed by atoms with Crippen LogP contribution in [0.15, 0.2) is 11.1 Å². The van der Waals surface area contributed by atoms with E-state index in [0.717, 1.165) is 19.4 Å². The predicted octanol–water partition coefficient (Wildman–Crippen LogP) is 1.53. The molecule has 0 aliphatic carbocycles. The van der Waals surface area contributed by atoms with Gasteiger partial charge in [0.2, 0.25) is 5.95 Å². The van der Waals surface area contributed by atoms with Crippen molar-refractivity contribution in [2.24, 2.45) is 5.41 Å². The van der Waals surface area contributed by atoms with Gasteiger partial charge in [0.05, 0.1) is 6.33 Å². The van der Waals surface area contributed by atoms with Crippen molar-refractivity contribution in [3.05, 3.63) is 16.7 Å². The minimum absolute atomic E-state index is 0.129. The van der Waals surface area contributed by atoms with Crippen molar-refractivity contribution >= 4 is 17.1 Å². The van der Waals surface area contributed by atoms with E-state index in [0.29, 0.717) is 11.2 Å². The van der Waals surface area contributed by atoms with Crippen molar-refractivity contribution in [1.29, 1.82) is 0 Å². The number of nitrogens with zero attached hydrogens (tertiary/aromatic N) is 3. The number of aryl methyl sites for hydroxylation is 1. The van der Waals surface area contributed by atoms with Gasteiger partial charge in [0.25, 0.3) is 5.56 Å². The lowest BCUT2D eigenvalue weighted by Crippen LogP contribution is -2.15. The molecule has 0 atom stereocenters. The molecule has 18 heavy (non-hydrogen) atoms. The Bertz CT molecular complexity index is 610. The third kappa shape index (κ3) is 2.37. The van der Waals surface area contributed by atoms with Crippen LogP contribution in [0, 0.1) is 5.41 Å². The van der Waals surface area contributed by atoms with E-state index in [1.807, 2.05) is 4.57 Å². The first-order chi connectivity index (χ1) is 8.43. The maximum absolute atomic E-state index is 11.6. The Morgan fingerprint density at radius 2 is 2.22 bits per heavy atom. The maximum Gasteiger partial charge on any atom is 0.280 e. The SMILES string of the molecule is CCC(C)(C)CCn1cnc2c(=O)[nH]c(N)nc21. The average molecular weight is 249 g/mol. The Hall–Kier alpha value is -1.85. The van der Waals surface area contributed by atoms with Gasteiger partial charge >= 0.3 is 0 Å². The summed E-state index contributed by atoms with van der Waals surface area (Å²) in [5, 5.41) is 0. The fourth-order valence-corrected chi connectivity index (χ4v) is 1.73. The molecule has 0 saturated carbocycles. The molecule has 0 aromatic carbocycles. The highest BCUT2D eigenvalue weighted by atomic mass is 16.1. The molecule has 3 N–H and O–H groups in total. The molecule has 2 heterocycles. The first-order valence-corrected chi connectivity index (χ1v) is 6.13. The lowest BCUT2D eigenvalue weighted by atomic mass is 9.86.